The van der Waals surface area contributed by atoms with Crippen molar-refractivity contribution in [3.8, 4) is 0 Å². The van der Waals surface area contributed by atoms with Crippen LogP contribution in [0.3, 0.4) is 0 Å². The maximum absolute atomic E-state index is 12.8. The normalized spacial score (nSPS) is 35.0. The molecule has 0 radical (unpaired) electrons. The van der Waals surface area contributed by atoms with Crippen LogP contribution in [-0.4, -0.2) is 34.0 Å². The summed E-state index contributed by atoms with van der Waals surface area (Å²) in [4.78, 5) is 22.9. The molecular formula is C19H30NO4-. The van der Waals surface area contributed by atoms with Crippen molar-refractivity contribution in [2.75, 3.05) is 0 Å². The smallest absolute Gasteiger partial charge is 0.303 e. The summed E-state index contributed by atoms with van der Waals surface area (Å²) in [7, 11) is 0. The van der Waals surface area contributed by atoms with Crippen molar-refractivity contribution in [1.82, 2.24) is 5.06 Å². The molecule has 3 aliphatic carbocycles. The fourth-order valence-corrected chi connectivity index (χ4v) is 5.25. The molecule has 0 saturated heterocycles. The minimum Gasteiger partial charge on any atom is -0.785 e. The number of hydrogen-bond acceptors (Lipinski definition) is 4. The molecule has 1 N–H and O–H groups in total. The molecule has 0 aromatic carbocycles. The molecule has 0 aromatic rings. The minimum absolute atomic E-state index is 0.0203. The van der Waals surface area contributed by atoms with E-state index < -0.39 is 5.97 Å². The summed E-state index contributed by atoms with van der Waals surface area (Å²) in [5.41, 5.74) is 0. The number of ketones is 1. The van der Waals surface area contributed by atoms with Crippen molar-refractivity contribution in [3.63, 3.8) is 0 Å². The van der Waals surface area contributed by atoms with Gasteiger partial charge in [0.05, 0.1) is 0 Å². The summed E-state index contributed by atoms with van der Waals surface area (Å²) in [5, 5.41) is 23.0. The Morgan fingerprint density at radius 3 is 2.46 bits per heavy atom. The number of carboxylic acids is 1. The van der Waals surface area contributed by atoms with Gasteiger partial charge in [-0.2, -0.15) is 0 Å². The highest BCUT2D eigenvalue weighted by atomic mass is 16.5. The van der Waals surface area contributed by atoms with Crippen LogP contribution in [0.2, 0.25) is 0 Å². The second kappa shape index (κ2) is 7.96. The third-order valence-electron chi connectivity index (χ3n) is 6.56. The molecule has 136 valence electrons. The average molecular weight is 336 g/mol. The van der Waals surface area contributed by atoms with Crippen LogP contribution in [0.1, 0.15) is 77.0 Å². The molecule has 0 heterocycles. The SMILES string of the molecule is O=C(O)CCC1CC(=O)C1C1CCCC(N([O-])C2CCCCC2)C1. The highest BCUT2D eigenvalue weighted by Gasteiger charge is 2.45. The van der Waals surface area contributed by atoms with Crippen LogP contribution in [0.4, 0.5) is 0 Å². The van der Waals surface area contributed by atoms with Crippen LogP contribution in [0, 0.1) is 23.0 Å². The van der Waals surface area contributed by atoms with E-state index in [-0.39, 0.29) is 30.3 Å². The number of carbonyl (C=O) groups excluding carboxylic acids is 1. The van der Waals surface area contributed by atoms with Crippen molar-refractivity contribution in [1.29, 1.82) is 0 Å². The molecule has 3 aliphatic rings. The fraction of sp³-hybridized carbons (Fsp3) is 0.895. The predicted molar refractivity (Wildman–Crippen MR) is 91.3 cm³/mol. The Morgan fingerprint density at radius 1 is 1.08 bits per heavy atom. The van der Waals surface area contributed by atoms with Gasteiger partial charge in [-0.15, -0.1) is 0 Å². The van der Waals surface area contributed by atoms with Gasteiger partial charge in [0.25, 0.3) is 0 Å². The van der Waals surface area contributed by atoms with Crippen molar-refractivity contribution in [2.45, 2.75) is 89.1 Å². The van der Waals surface area contributed by atoms with Gasteiger partial charge < -0.3 is 15.4 Å². The zero-order chi connectivity index (χ0) is 17.1. The van der Waals surface area contributed by atoms with E-state index in [1.54, 1.807) is 0 Å². The Balaban J connectivity index is 1.56. The molecule has 0 aromatic heterocycles. The third-order valence-corrected chi connectivity index (χ3v) is 6.56. The van der Waals surface area contributed by atoms with E-state index in [2.05, 4.69) is 0 Å². The van der Waals surface area contributed by atoms with Gasteiger partial charge in [-0.25, -0.2) is 0 Å². The minimum atomic E-state index is -0.780. The number of hydrogen-bond donors (Lipinski definition) is 1. The van der Waals surface area contributed by atoms with Crippen LogP contribution in [0.25, 0.3) is 0 Å². The first-order valence-electron chi connectivity index (χ1n) is 9.76. The summed E-state index contributed by atoms with van der Waals surface area (Å²) in [6.45, 7) is 0. The second-order valence-electron chi connectivity index (χ2n) is 8.12. The van der Waals surface area contributed by atoms with Gasteiger partial charge in [0.15, 0.2) is 0 Å². The van der Waals surface area contributed by atoms with Crippen LogP contribution in [0.5, 0.6) is 0 Å². The fourth-order valence-electron chi connectivity index (χ4n) is 5.25. The number of rotatable bonds is 6. The Morgan fingerprint density at radius 2 is 1.79 bits per heavy atom. The lowest BCUT2D eigenvalue weighted by atomic mass is 9.60. The van der Waals surface area contributed by atoms with E-state index in [0.29, 0.717) is 24.5 Å². The molecular weight excluding hydrogens is 306 g/mol. The molecule has 0 aliphatic heterocycles. The lowest BCUT2D eigenvalue weighted by molar-refractivity contribution is -0.143. The molecule has 3 fully saturated rings. The Labute approximate surface area is 144 Å². The quantitative estimate of drug-likeness (QED) is 0.747. The lowest BCUT2D eigenvalue weighted by Gasteiger charge is -2.50. The molecule has 3 saturated carbocycles. The average Bonchev–Trinajstić information content (AvgIpc) is 2.58. The molecule has 0 spiro atoms. The zero-order valence-corrected chi connectivity index (χ0v) is 14.5. The van der Waals surface area contributed by atoms with Gasteiger partial charge in [0.2, 0.25) is 0 Å². The van der Waals surface area contributed by atoms with E-state index >= 15 is 0 Å². The Kier molecular flexibility index (Phi) is 5.93. The highest BCUT2D eigenvalue weighted by Crippen LogP contribution is 2.46. The Bertz CT molecular complexity index is 460. The van der Waals surface area contributed by atoms with E-state index in [9.17, 15) is 14.8 Å². The zero-order valence-electron chi connectivity index (χ0n) is 14.5. The Hall–Kier alpha value is -0.940. The third kappa shape index (κ3) is 3.99. The van der Waals surface area contributed by atoms with Crippen LogP contribution >= 0.6 is 0 Å². The van der Waals surface area contributed by atoms with E-state index in [4.69, 9.17) is 5.11 Å². The number of carbonyl (C=O) groups is 2. The molecule has 5 heteroatoms. The number of carboxylic acid groups (broad SMARTS) is 1. The molecule has 3 rings (SSSR count). The van der Waals surface area contributed by atoms with Crippen molar-refractivity contribution < 1.29 is 14.7 Å². The van der Waals surface area contributed by atoms with Crippen LogP contribution in [-0.2, 0) is 9.59 Å². The first-order chi connectivity index (χ1) is 11.6. The maximum atomic E-state index is 12.8. The summed E-state index contributed by atoms with van der Waals surface area (Å²) < 4.78 is 0. The molecule has 0 amide bonds. The largest absolute Gasteiger partial charge is 0.785 e. The van der Waals surface area contributed by atoms with Gasteiger partial charge in [-0.3, -0.25) is 9.59 Å². The predicted octanol–water partition coefficient (Wildman–Crippen LogP) is 3.75. The topological polar surface area (TPSA) is 80.7 Å². The summed E-state index contributed by atoms with van der Waals surface area (Å²) >= 11 is 0. The van der Waals surface area contributed by atoms with Crippen LogP contribution < -0.4 is 0 Å². The standard InChI is InChI=1S/C19H30NO4/c21-17-12-14(9-10-18(22)23)19(17)13-5-4-8-16(11-13)20(24)15-6-2-1-3-7-15/h13-16,19H,1-12H2,(H,22,23)/q-1. The van der Waals surface area contributed by atoms with Gasteiger partial charge >= 0.3 is 5.97 Å². The molecule has 0 bridgehead atoms. The van der Waals surface area contributed by atoms with Gasteiger partial charge in [0.1, 0.15) is 5.78 Å². The molecule has 5 nitrogen and oxygen atoms in total. The van der Waals surface area contributed by atoms with Gasteiger partial charge in [0, 0.05) is 18.8 Å². The first-order valence-corrected chi connectivity index (χ1v) is 9.76. The number of nitrogens with zero attached hydrogens (tertiary/aromatic N) is 1. The van der Waals surface area contributed by atoms with E-state index in [0.717, 1.165) is 51.4 Å². The van der Waals surface area contributed by atoms with Gasteiger partial charge in [-0.1, -0.05) is 25.7 Å². The lowest BCUT2D eigenvalue weighted by Crippen LogP contribution is -2.48. The van der Waals surface area contributed by atoms with Crippen LogP contribution in [0.15, 0.2) is 0 Å². The number of aliphatic carboxylic acids is 1. The number of hydroxylamine groups is 2. The van der Waals surface area contributed by atoms with E-state index in [1.165, 1.54) is 11.5 Å². The summed E-state index contributed by atoms with van der Waals surface area (Å²) in [5.74, 6) is 0.0617. The monoisotopic (exact) mass is 336 g/mol. The van der Waals surface area contributed by atoms with Gasteiger partial charge in [-0.05, 0) is 62.4 Å². The molecule has 4 atom stereocenters. The summed E-state index contributed by atoms with van der Waals surface area (Å²) in [6, 6.07) is 0.253. The maximum Gasteiger partial charge on any atom is 0.303 e. The van der Waals surface area contributed by atoms with Crippen molar-refractivity contribution in [2.24, 2.45) is 17.8 Å². The second-order valence-corrected chi connectivity index (χ2v) is 8.12. The molecule has 24 heavy (non-hydrogen) atoms. The number of Topliss-reactive ketones (excluding diaryl/α,β-unsaturated/α-hetero) is 1. The molecule has 4 unspecified atom stereocenters. The highest BCUT2D eigenvalue weighted by molar-refractivity contribution is 5.87. The van der Waals surface area contributed by atoms with Crippen molar-refractivity contribution in [3.05, 3.63) is 5.21 Å². The van der Waals surface area contributed by atoms with E-state index in [1.807, 2.05) is 0 Å². The summed E-state index contributed by atoms with van der Waals surface area (Å²) in [6.07, 6.45) is 10.8. The first kappa shape index (κ1) is 17.9. The van der Waals surface area contributed by atoms with Crippen molar-refractivity contribution >= 4 is 11.8 Å².